The van der Waals surface area contributed by atoms with E-state index in [9.17, 15) is 4.79 Å². The molecule has 0 radical (unpaired) electrons. The van der Waals surface area contributed by atoms with E-state index in [0.29, 0.717) is 24.5 Å². The van der Waals surface area contributed by atoms with Crippen LogP contribution in [0.25, 0.3) is 10.9 Å². The van der Waals surface area contributed by atoms with Crippen molar-refractivity contribution in [1.82, 2.24) is 30.1 Å². The highest BCUT2D eigenvalue weighted by Gasteiger charge is 2.33. The fourth-order valence-electron chi connectivity index (χ4n) is 4.91. The summed E-state index contributed by atoms with van der Waals surface area (Å²) in [5.41, 5.74) is 3.14. The number of ether oxygens (including phenoxy) is 1. The van der Waals surface area contributed by atoms with Gasteiger partial charge >= 0.3 is 0 Å². The molecule has 2 heterocycles. The Morgan fingerprint density at radius 3 is 2.31 bits per heavy atom. The molecule has 39 heavy (non-hydrogen) atoms. The monoisotopic (exact) mass is 522 g/mol. The molecule has 3 aromatic carbocycles. The number of rotatable bonds is 9. The van der Waals surface area contributed by atoms with Gasteiger partial charge in [0.15, 0.2) is 5.82 Å². The van der Waals surface area contributed by atoms with Crippen molar-refractivity contribution in [3.8, 4) is 5.75 Å². The molecule has 5 aromatic rings. The molecule has 8 nitrogen and oxygen atoms in total. The van der Waals surface area contributed by atoms with Gasteiger partial charge in [0.25, 0.3) is 5.56 Å². The topological polar surface area (TPSA) is 88.9 Å². The van der Waals surface area contributed by atoms with Crippen LogP contribution in [0.3, 0.4) is 0 Å². The van der Waals surface area contributed by atoms with Gasteiger partial charge in [-0.1, -0.05) is 60.7 Å². The van der Waals surface area contributed by atoms with Crippen molar-refractivity contribution in [2.75, 3.05) is 13.7 Å². The molecular weight excluding hydrogens is 488 g/mol. The first-order valence-electron chi connectivity index (χ1n) is 13.1. The number of nitrogens with zero attached hydrogens (tertiary/aromatic N) is 5. The first kappa shape index (κ1) is 26.3. The lowest BCUT2D eigenvalue weighted by Gasteiger charge is -2.33. The Hall–Kier alpha value is -4.30. The van der Waals surface area contributed by atoms with Crippen LogP contribution in [-0.4, -0.2) is 43.7 Å². The van der Waals surface area contributed by atoms with E-state index in [1.54, 1.807) is 7.11 Å². The lowest BCUT2D eigenvalue weighted by Crippen LogP contribution is -2.38. The third-order valence-electron chi connectivity index (χ3n) is 6.87. The molecule has 1 N–H and O–H groups in total. The summed E-state index contributed by atoms with van der Waals surface area (Å²) in [5, 5.41) is 13.8. The van der Waals surface area contributed by atoms with Crippen LogP contribution >= 0.6 is 0 Å². The van der Waals surface area contributed by atoms with Crippen molar-refractivity contribution in [2.45, 2.75) is 45.3 Å². The standard InChI is InChI=1S/C31H34N6O2/c1-31(2,3)37-29(33-34-35-37)28(26-20-24-19-25(39-4)15-16-27(24)32-30(26)38)36(21-23-13-9-6-10-14-23)18-17-22-11-7-5-8-12-22/h5-16,19-20,28H,17-18,21H2,1-4H3,(H,32,38)/t28-/m0/s1. The minimum absolute atomic E-state index is 0.168. The van der Waals surface area contributed by atoms with E-state index < -0.39 is 6.04 Å². The number of hydrogen-bond donors (Lipinski definition) is 1. The Kier molecular flexibility index (Phi) is 7.56. The number of aromatic amines is 1. The Labute approximate surface area is 228 Å². The van der Waals surface area contributed by atoms with Crippen LogP contribution in [-0.2, 0) is 18.5 Å². The summed E-state index contributed by atoms with van der Waals surface area (Å²) in [6.45, 7) is 7.49. The van der Waals surface area contributed by atoms with E-state index in [1.807, 2.05) is 53.2 Å². The third kappa shape index (κ3) is 5.91. The Bertz CT molecular complexity index is 1590. The van der Waals surface area contributed by atoms with Crippen LogP contribution in [0.15, 0.2) is 89.7 Å². The molecule has 2 aromatic heterocycles. The fraction of sp³-hybridized carbons (Fsp3) is 0.290. The number of aromatic nitrogens is 5. The van der Waals surface area contributed by atoms with Crippen molar-refractivity contribution in [3.05, 3.63) is 118 Å². The van der Waals surface area contributed by atoms with Crippen LogP contribution in [0.5, 0.6) is 5.75 Å². The van der Waals surface area contributed by atoms with Crippen LogP contribution in [0.4, 0.5) is 0 Å². The van der Waals surface area contributed by atoms with E-state index >= 15 is 0 Å². The van der Waals surface area contributed by atoms with Gasteiger partial charge in [-0.2, -0.15) is 0 Å². The van der Waals surface area contributed by atoms with E-state index in [-0.39, 0.29) is 11.1 Å². The summed E-state index contributed by atoms with van der Waals surface area (Å²) in [4.78, 5) is 19.1. The zero-order valence-corrected chi connectivity index (χ0v) is 22.8. The van der Waals surface area contributed by atoms with Crippen molar-refractivity contribution >= 4 is 10.9 Å². The first-order chi connectivity index (χ1) is 18.8. The second kappa shape index (κ2) is 11.2. The average molecular weight is 523 g/mol. The highest BCUT2D eigenvalue weighted by atomic mass is 16.5. The maximum Gasteiger partial charge on any atom is 0.253 e. The zero-order chi connectivity index (χ0) is 27.4. The molecule has 1 atom stereocenters. The number of tetrazole rings is 1. The van der Waals surface area contributed by atoms with Gasteiger partial charge in [-0.25, -0.2) is 4.68 Å². The van der Waals surface area contributed by atoms with Gasteiger partial charge in [-0.3, -0.25) is 9.69 Å². The molecule has 0 aliphatic carbocycles. The smallest absolute Gasteiger partial charge is 0.253 e. The molecule has 8 heteroatoms. The average Bonchev–Trinajstić information content (AvgIpc) is 3.43. The van der Waals surface area contributed by atoms with Gasteiger partial charge in [0.2, 0.25) is 0 Å². The second-order valence-corrected chi connectivity index (χ2v) is 10.7. The summed E-state index contributed by atoms with van der Waals surface area (Å²) in [7, 11) is 1.64. The number of hydrogen-bond acceptors (Lipinski definition) is 6. The van der Waals surface area contributed by atoms with Gasteiger partial charge in [0.05, 0.1) is 12.6 Å². The fourth-order valence-corrected chi connectivity index (χ4v) is 4.91. The highest BCUT2D eigenvalue weighted by Crippen LogP contribution is 2.31. The van der Waals surface area contributed by atoms with E-state index in [1.165, 1.54) is 5.56 Å². The lowest BCUT2D eigenvalue weighted by atomic mass is 10.00. The summed E-state index contributed by atoms with van der Waals surface area (Å²) >= 11 is 0. The van der Waals surface area contributed by atoms with Gasteiger partial charge < -0.3 is 9.72 Å². The largest absolute Gasteiger partial charge is 0.497 e. The lowest BCUT2D eigenvalue weighted by molar-refractivity contribution is 0.195. The van der Waals surface area contributed by atoms with Crippen LogP contribution in [0.2, 0.25) is 0 Å². The molecule has 0 amide bonds. The second-order valence-electron chi connectivity index (χ2n) is 10.7. The van der Waals surface area contributed by atoms with Crippen LogP contribution in [0, 0.1) is 0 Å². The maximum absolute atomic E-state index is 13.7. The van der Waals surface area contributed by atoms with Gasteiger partial charge in [0, 0.05) is 29.6 Å². The van der Waals surface area contributed by atoms with E-state index in [4.69, 9.17) is 4.74 Å². The summed E-state index contributed by atoms with van der Waals surface area (Å²) in [5.74, 6) is 1.35. The van der Waals surface area contributed by atoms with Crippen molar-refractivity contribution in [1.29, 1.82) is 0 Å². The molecule has 0 bridgehead atoms. The van der Waals surface area contributed by atoms with Crippen molar-refractivity contribution in [2.24, 2.45) is 0 Å². The van der Waals surface area contributed by atoms with E-state index in [2.05, 4.69) is 82.6 Å². The Morgan fingerprint density at radius 2 is 1.64 bits per heavy atom. The molecule has 0 aliphatic heterocycles. The molecular formula is C31H34N6O2. The van der Waals surface area contributed by atoms with Crippen molar-refractivity contribution < 1.29 is 4.74 Å². The van der Waals surface area contributed by atoms with Crippen LogP contribution < -0.4 is 10.3 Å². The number of fused-ring (bicyclic) bond motifs is 1. The molecule has 0 saturated carbocycles. The Balaban J connectivity index is 1.68. The predicted molar refractivity (Wildman–Crippen MR) is 153 cm³/mol. The normalized spacial score (nSPS) is 12.6. The summed E-state index contributed by atoms with van der Waals surface area (Å²) in [6, 6.07) is 27.8. The third-order valence-corrected chi connectivity index (χ3v) is 6.87. The minimum atomic E-state index is -0.498. The number of benzene rings is 3. The molecule has 0 fully saturated rings. The summed E-state index contributed by atoms with van der Waals surface area (Å²) in [6.07, 6.45) is 0.806. The molecule has 5 rings (SSSR count). The summed E-state index contributed by atoms with van der Waals surface area (Å²) < 4.78 is 7.29. The maximum atomic E-state index is 13.7. The van der Waals surface area contributed by atoms with Crippen LogP contribution in [0.1, 0.15) is 49.3 Å². The van der Waals surface area contributed by atoms with Crippen molar-refractivity contribution in [3.63, 3.8) is 0 Å². The molecule has 0 unspecified atom stereocenters. The first-order valence-corrected chi connectivity index (χ1v) is 13.1. The number of H-pyrrole nitrogens is 1. The number of methoxy groups -OCH3 is 1. The number of nitrogens with one attached hydrogen (secondary N) is 1. The molecule has 0 saturated heterocycles. The Morgan fingerprint density at radius 1 is 0.949 bits per heavy atom. The van der Waals surface area contributed by atoms with Gasteiger partial charge in [0.1, 0.15) is 11.8 Å². The molecule has 0 spiro atoms. The number of pyridine rings is 1. The predicted octanol–water partition coefficient (Wildman–Crippen LogP) is 5.11. The minimum Gasteiger partial charge on any atom is -0.497 e. The quantitative estimate of drug-likeness (QED) is 0.289. The SMILES string of the molecule is COc1ccc2[nH]c(=O)c([C@@H](c3nnnn3C(C)(C)C)N(CCc3ccccc3)Cc3ccccc3)cc2c1. The highest BCUT2D eigenvalue weighted by molar-refractivity contribution is 5.80. The zero-order valence-electron chi connectivity index (χ0n) is 22.8. The van der Waals surface area contributed by atoms with Gasteiger partial charge in [-0.05, 0) is 73.0 Å². The van der Waals surface area contributed by atoms with Gasteiger partial charge in [-0.15, -0.1) is 5.10 Å². The van der Waals surface area contributed by atoms with E-state index in [0.717, 1.165) is 28.6 Å². The molecule has 200 valence electrons. The molecule has 0 aliphatic rings.